The summed E-state index contributed by atoms with van der Waals surface area (Å²) >= 11 is 0. The third-order valence-electron chi connectivity index (χ3n) is 6.77. The number of alkyl halides is 3. The quantitative estimate of drug-likeness (QED) is 0.415. The molecule has 0 aromatic heterocycles. The average molecular weight is 525 g/mol. The van der Waals surface area contributed by atoms with E-state index in [1.165, 1.54) is 23.1 Å². The molecule has 5 nitrogen and oxygen atoms in total. The van der Waals surface area contributed by atoms with Crippen LogP contribution in [0.5, 0.6) is 5.75 Å². The lowest BCUT2D eigenvalue weighted by atomic mass is 10.0. The van der Waals surface area contributed by atoms with Gasteiger partial charge in [-0.1, -0.05) is 54.6 Å². The summed E-state index contributed by atoms with van der Waals surface area (Å²) in [6.07, 6.45) is -3.15. The number of halogens is 3. The Morgan fingerprint density at radius 1 is 0.921 bits per heavy atom. The van der Waals surface area contributed by atoms with Crippen molar-refractivity contribution in [3.05, 3.63) is 101 Å². The highest BCUT2D eigenvalue weighted by Crippen LogP contribution is 2.33. The number of fused-ring (bicyclic) bond motifs is 1. The number of hydrogen-bond acceptors (Lipinski definition) is 3. The SMILES string of the molecule is CCN1CCCCN(C(=O)c2ccccc2C(F)(F)F)[C@H](Cc2ccccc2)COc2ccccc2C1=O. The predicted molar refractivity (Wildman–Crippen MR) is 139 cm³/mol. The van der Waals surface area contributed by atoms with E-state index in [9.17, 15) is 22.8 Å². The van der Waals surface area contributed by atoms with Crippen molar-refractivity contribution in [2.24, 2.45) is 0 Å². The molecule has 0 saturated carbocycles. The molecular weight excluding hydrogens is 493 g/mol. The smallest absolute Gasteiger partial charge is 0.417 e. The zero-order valence-corrected chi connectivity index (χ0v) is 21.3. The molecule has 0 bridgehead atoms. The molecule has 1 atom stereocenters. The van der Waals surface area contributed by atoms with Gasteiger partial charge in [-0.15, -0.1) is 0 Å². The highest BCUT2D eigenvalue weighted by Gasteiger charge is 2.37. The number of amides is 2. The van der Waals surface area contributed by atoms with Gasteiger partial charge < -0.3 is 14.5 Å². The van der Waals surface area contributed by atoms with Gasteiger partial charge in [-0.25, -0.2) is 0 Å². The Bertz CT molecular complexity index is 1250. The summed E-state index contributed by atoms with van der Waals surface area (Å²) in [6.45, 7) is 3.12. The van der Waals surface area contributed by atoms with Crippen LogP contribution in [0.3, 0.4) is 0 Å². The lowest BCUT2D eigenvalue weighted by Gasteiger charge is -2.34. The highest BCUT2D eigenvalue weighted by molar-refractivity contribution is 5.97. The van der Waals surface area contributed by atoms with Crippen LogP contribution < -0.4 is 4.74 Å². The topological polar surface area (TPSA) is 49.9 Å². The predicted octanol–water partition coefficient (Wildman–Crippen LogP) is 6.09. The molecule has 38 heavy (non-hydrogen) atoms. The lowest BCUT2D eigenvalue weighted by molar-refractivity contribution is -0.138. The van der Waals surface area contributed by atoms with Crippen molar-refractivity contribution in [1.82, 2.24) is 9.80 Å². The summed E-state index contributed by atoms with van der Waals surface area (Å²) in [6, 6.07) is 20.8. The van der Waals surface area contributed by atoms with E-state index in [-0.39, 0.29) is 24.6 Å². The van der Waals surface area contributed by atoms with Crippen molar-refractivity contribution in [2.45, 2.75) is 38.4 Å². The van der Waals surface area contributed by atoms with E-state index in [1.807, 2.05) is 37.3 Å². The number of nitrogens with zero attached hydrogens (tertiary/aromatic N) is 2. The molecule has 0 N–H and O–H groups in total. The Hall–Kier alpha value is -3.81. The molecule has 200 valence electrons. The number of ether oxygens (including phenoxy) is 1. The maximum absolute atomic E-state index is 13.8. The first-order valence-corrected chi connectivity index (χ1v) is 12.8. The molecule has 0 radical (unpaired) electrons. The van der Waals surface area contributed by atoms with Crippen LogP contribution in [0.2, 0.25) is 0 Å². The van der Waals surface area contributed by atoms with Crippen LogP contribution in [0.1, 0.15) is 51.6 Å². The Morgan fingerprint density at radius 3 is 2.32 bits per heavy atom. The van der Waals surface area contributed by atoms with Gasteiger partial charge >= 0.3 is 6.18 Å². The monoisotopic (exact) mass is 524 g/mol. The van der Waals surface area contributed by atoms with Gasteiger partial charge in [0.05, 0.1) is 22.7 Å². The summed E-state index contributed by atoms with van der Waals surface area (Å²) in [4.78, 5) is 30.3. The third kappa shape index (κ3) is 6.36. The number of benzene rings is 3. The van der Waals surface area contributed by atoms with Gasteiger partial charge in [-0.2, -0.15) is 13.2 Å². The van der Waals surface area contributed by atoms with Crippen molar-refractivity contribution in [2.75, 3.05) is 26.2 Å². The Morgan fingerprint density at radius 2 is 1.58 bits per heavy atom. The fraction of sp³-hybridized carbons (Fsp3) is 0.333. The van der Waals surface area contributed by atoms with Crippen LogP contribution in [-0.2, 0) is 12.6 Å². The van der Waals surface area contributed by atoms with E-state index in [1.54, 1.807) is 29.2 Å². The van der Waals surface area contributed by atoms with Gasteiger partial charge in [0.25, 0.3) is 11.8 Å². The van der Waals surface area contributed by atoms with Crippen LogP contribution in [-0.4, -0.2) is 53.9 Å². The molecule has 4 rings (SSSR count). The molecule has 1 heterocycles. The van der Waals surface area contributed by atoms with Crippen LogP contribution in [0.25, 0.3) is 0 Å². The van der Waals surface area contributed by atoms with E-state index >= 15 is 0 Å². The maximum Gasteiger partial charge on any atom is 0.417 e. The van der Waals surface area contributed by atoms with Crippen LogP contribution in [0, 0.1) is 0 Å². The van der Waals surface area contributed by atoms with Gasteiger partial charge in [-0.3, -0.25) is 9.59 Å². The fourth-order valence-electron chi connectivity index (χ4n) is 4.78. The molecule has 0 spiro atoms. The highest BCUT2D eigenvalue weighted by atomic mass is 19.4. The maximum atomic E-state index is 13.8. The van der Waals surface area contributed by atoms with Gasteiger partial charge in [0, 0.05) is 19.6 Å². The first-order chi connectivity index (χ1) is 18.3. The Kier molecular flexibility index (Phi) is 8.71. The van der Waals surface area contributed by atoms with E-state index in [0.29, 0.717) is 43.7 Å². The van der Waals surface area contributed by atoms with Gasteiger partial charge in [0.15, 0.2) is 0 Å². The number of hydrogen-bond donors (Lipinski definition) is 0. The second-order valence-electron chi connectivity index (χ2n) is 9.28. The minimum atomic E-state index is -4.66. The molecule has 2 amide bonds. The minimum Gasteiger partial charge on any atom is -0.491 e. The molecule has 1 aliphatic rings. The molecule has 0 unspecified atom stereocenters. The van der Waals surface area contributed by atoms with Crippen LogP contribution in [0.15, 0.2) is 78.9 Å². The number of para-hydroxylation sites is 1. The summed E-state index contributed by atoms with van der Waals surface area (Å²) in [5.74, 6) is -0.427. The molecule has 3 aromatic rings. The summed E-state index contributed by atoms with van der Waals surface area (Å²) in [5, 5.41) is 0. The average Bonchev–Trinajstić information content (AvgIpc) is 2.92. The lowest BCUT2D eigenvalue weighted by Crippen LogP contribution is -2.46. The van der Waals surface area contributed by atoms with Crippen LogP contribution in [0.4, 0.5) is 13.2 Å². The standard InChI is InChI=1S/C30H31F3N2O3/c1-2-34-18-10-11-19-35(29(37)24-14-6-8-16-26(24)30(31,32)33)23(20-22-12-4-3-5-13-22)21-38-27-17-9-7-15-25(27)28(34)36/h3-9,12-17,23H,2,10-11,18-21H2,1H3/t23-/m1/s1. The van der Waals surface area contributed by atoms with Gasteiger partial charge in [0.1, 0.15) is 12.4 Å². The van der Waals surface area contributed by atoms with Crippen molar-refractivity contribution in [3.63, 3.8) is 0 Å². The van der Waals surface area contributed by atoms with E-state index < -0.39 is 23.7 Å². The zero-order valence-electron chi connectivity index (χ0n) is 21.3. The Labute approximate surface area is 220 Å². The van der Waals surface area contributed by atoms with Crippen molar-refractivity contribution >= 4 is 11.8 Å². The van der Waals surface area contributed by atoms with E-state index in [0.717, 1.165) is 11.6 Å². The largest absolute Gasteiger partial charge is 0.491 e. The molecular formula is C30H31F3N2O3. The van der Waals surface area contributed by atoms with E-state index in [2.05, 4.69) is 0 Å². The summed E-state index contributed by atoms with van der Waals surface area (Å²) in [5.41, 5.74) is 0.0183. The minimum absolute atomic E-state index is 0.0191. The molecule has 0 saturated heterocycles. The van der Waals surface area contributed by atoms with Crippen molar-refractivity contribution in [1.29, 1.82) is 0 Å². The number of rotatable bonds is 4. The normalized spacial score (nSPS) is 17.2. The van der Waals surface area contributed by atoms with Crippen LogP contribution >= 0.6 is 0 Å². The number of carbonyl (C=O) groups excluding carboxylic acids is 2. The molecule has 8 heteroatoms. The second-order valence-corrected chi connectivity index (χ2v) is 9.28. The van der Waals surface area contributed by atoms with Gasteiger partial charge in [0.2, 0.25) is 0 Å². The first kappa shape index (κ1) is 27.2. The molecule has 0 aliphatic carbocycles. The van der Waals surface area contributed by atoms with E-state index in [4.69, 9.17) is 4.74 Å². The summed E-state index contributed by atoms with van der Waals surface area (Å²) < 4.78 is 47.7. The molecule has 1 aliphatic heterocycles. The molecule has 3 aromatic carbocycles. The summed E-state index contributed by atoms with van der Waals surface area (Å²) in [7, 11) is 0. The Balaban J connectivity index is 1.75. The zero-order chi connectivity index (χ0) is 27.1. The molecule has 0 fully saturated rings. The number of carbonyl (C=O) groups is 2. The first-order valence-electron chi connectivity index (χ1n) is 12.8. The fourth-order valence-corrected chi connectivity index (χ4v) is 4.78. The third-order valence-corrected chi connectivity index (χ3v) is 6.77. The second kappa shape index (κ2) is 12.2. The van der Waals surface area contributed by atoms with Crippen molar-refractivity contribution in [3.8, 4) is 5.75 Å². The van der Waals surface area contributed by atoms with Gasteiger partial charge in [-0.05, 0) is 56.0 Å². The van der Waals surface area contributed by atoms with Crippen molar-refractivity contribution < 1.29 is 27.5 Å².